The van der Waals surface area contributed by atoms with E-state index in [9.17, 15) is 23.1 Å². The van der Waals surface area contributed by atoms with Gasteiger partial charge in [0, 0.05) is 36.3 Å². The Morgan fingerprint density at radius 3 is 2.47 bits per heavy atom. The summed E-state index contributed by atoms with van der Waals surface area (Å²) in [5, 5.41) is 15.7. The molecular weight excluding hydrogens is 532 g/mol. The van der Waals surface area contributed by atoms with Gasteiger partial charge in [0.05, 0.1) is 29.7 Å². The third-order valence-corrected chi connectivity index (χ3v) is 8.39. The van der Waals surface area contributed by atoms with Crippen LogP contribution >= 0.6 is 11.6 Å². The van der Waals surface area contributed by atoms with Crippen molar-refractivity contribution in [2.24, 2.45) is 5.92 Å². The molecule has 1 aliphatic heterocycles. The summed E-state index contributed by atoms with van der Waals surface area (Å²) in [4.78, 5) is 27.4. The predicted octanol–water partition coefficient (Wildman–Crippen LogP) is 3.41. The minimum atomic E-state index is -3.83. The van der Waals surface area contributed by atoms with Crippen molar-refractivity contribution < 1.29 is 27.9 Å². The van der Waals surface area contributed by atoms with Gasteiger partial charge in [-0.3, -0.25) is 4.79 Å². The zero-order valence-electron chi connectivity index (χ0n) is 22.1. The highest BCUT2D eigenvalue weighted by molar-refractivity contribution is 7.89. The second kappa shape index (κ2) is 12.3. The minimum Gasteiger partial charge on any atom is -0.488 e. The number of carbonyl (C=O) groups is 2. The van der Waals surface area contributed by atoms with Crippen molar-refractivity contribution in [1.29, 1.82) is 0 Å². The molecule has 2 aromatic rings. The number of nitrogens with zero attached hydrogens (tertiary/aromatic N) is 2. The van der Waals surface area contributed by atoms with E-state index in [-0.39, 0.29) is 53.8 Å². The lowest BCUT2D eigenvalue weighted by Crippen LogP contribution is -2.50. The summed E-state index contributed by atoms with van der Waals surface area (Å²) in [7, 11) is -2.36. The SMILES string of the molecule is CC(C)NC(=O)Nc1ccc2c(c1)C(=O)N([C@H](C)CO)C[C@@H](C)[C@@H](CN(C)S(=O)(=O)c1ccc(Cl)cc1)O2. The average molecular weight is 567 g/mol. The van der Waals surface area contributed by atoms with Gasteiger partial charge in [-0.2, -0.15) is 4.31 Å². The lowest BCUT2D eigenvalue weighted by molar-refractivity contribution is 0.0387. The number of likely N-dealkylation sites (N-methyl/N-ethyl adjacent to an activating group) is 1. The van der Waals surface area contributed by atoms with Crippen molar-refractivity contribution in [3.63, 3.8) is 0 Å². The second-order valence-electron chi connectivity index (χ2n) is 9.83. The van der Waals surface area contributed by atoms with Crippen LogP contribution in [0.5, 0.6) is 5.75 Å². The molecule has 0 spiro atoms. The van der Waals surface area contributed by atoms with Crippen LogP contribution in [0.25, 0.3) is 0 Å². The molecule has 3 atom stereocenters. The van der Waals surface area contributed by atoms with E-state index in [1.807, 2.05) is 20.8 Å². The van der Waals surface area contributed by atoms with E-state index in [1.54, 1.807) is 24.0 Å². The van der Waals surface area contributed by atoms with Gasteiger partial charge in [-0.05, 0) is 63.2 Å². The molecule has 0 fully saturated rings. The molecule has 0 aromatic heterocycles. The fourth-order valence-electron chi connectivity index (χ4n) is 4.09. The standard InChI is InChI=1S/C26H35ClN4O6S/c1-16(2)28-26(34)29-20-8-11-23-22(12-20)25(33)31(18(4)15-32)13-17(3)24(37-23)14-30(5)38(35,36)21-9-6-19(27)7-10-21/h6-12,16-18,24,32H,13-15H2,1-5H3,(H2,28,29,34)/t17-,18-,24-/m1/s1. The first kappa shape index (κ1) is 29.7. The highest BCUT2D eigenvalue weighted by Crippen LogP contribution is 2.31. The van der Waals surface area contributed by atoms with Crippen LogP contribution in [-0.4, -0.2) is 79.6 Å². The number of ether oxygens (including phenoxy) is 1. The molecule has 3 N–H and O–H groups in total. The van der Waals surface area contributed by atoms with E-state index in [4.69, 9.17) is 16.3 Å². The van der Waals surface area contributed by atoms with Crippen LogP contribution in [0, 0.1) is 5.92 Å². The molecule has 2 aromatic carbocycles. The number of aliphatic hydroxyl groups is 1. The fraction of sp³-hybridized carbons (Fsp3) is 0.462. The molecule has 208 valence electrons. The lowest BCUT2D eigenvalue weighted by Gasteiger charge is -2.38. The normalized spacial score (nSPS) is 18.9. The maximum Gasteiger partial charge on any atom is 0.319 e. The monoisotopic (exact) mass is 566 g/mol. The van der Waals surface area contributed by atoms with Crippen LogP contribution < -0.4 is 15.4 Å². The van der Waals surface area contributed by atoms with Crippen molar-refractivity contribution in [2.45, 2.75) is 50.8 Å². The number of rotatable bonds is 8. The number of benzene rings is 2. The Morgan fingerprint density at radius 2 is 1.87 bits per heavy atom. The molecule has 38 heavy (non-hydrogen) atoms. The fourth-order valence-corrected chi connectivity index (χ4v) is 5.39. The van der Waals surface area contributed by atoms with Gasteiger partial charge in [0.2, 0.25) is 10.0 Å². The molecule has 10 nitrogen and oxygen atoms in total. The second-order valence-corrected chi connectivity index (χ2v) is 12.3. The van der Waals surface area contributed by atoms with Crippen molar-refractivity contribution in [1.82, 2.24) is 14.5 Å². The molecule has 12 heteroatoms. The smallest absolute Gasteiger partial charge is 0.319 e. The van der Waals surface area contributed by atoms with Gasteiger partial charge in [-0.15, -0.1) is 0 Å². The number of hydrogen-bond donors (Lipinski definition) is 3. The summed E-state index contributed by atoms with van der Waals surface area (Å²) in [5.41, 5.74) is 0.593. The zero-order chi connectivity index (χ0) is 28.2. The number of sulfonamides is 1. The van der Waals surface area contributed by atoms with Crippen LogP contribution in [0.3, 0.4) is 0 Å². The number of nitrogens with one attached hydrogen (secondary N) is 2. The Labute approximate surface area is 229 Å². The van der Waals surface area contributed by atoms with E-state index in [1.165, 1.54) is 41.7 Å². The van der Waals surface area contributed by atoms with Gasteiger partial charge < -0.3 is 25.4 Å². The number of hydrogen-bond acceptors (Lipinski definition) is 6. The molecule has 0 radical (unpaired) electrons. The molecule has 0 bridgehead atoms. The molecule has 0 saturated carbocycles. The number of carbonyl (C=O) groups excluding carboxylic acids is 2. The first-order valence-electron chi connectivity index (χ1n) is 12.4. The summed E-state index contributed by atoms with van der Waals surface area (Å²) < 4.78 is 33.9. The number of amides is 3. The van der Waals surface area contributed by atoms with E-state index < -0.39 is 28.2 Å². The zero-order valence-corrected chi connectivity index (χ0v) is 23.7. The molecule has 1 heterocycles. The summed E-state index contributed by atoms with van der Waals surface area (Å²) >= 11 is 5.92. The van der Waals surface area contributed by atoms with Gasteiger partial charge in [0.1, 0.15) is 11.9 Å². The van der Waals surface area contributed by atoms with Crippen molar-refractivity contribution in [3.8, 4) is 5.75 Å². The Kier molecular flexibility index (Phi) is 9.64. The Morgan fingerprint density at radius 1 is 1.21 bits per heavy atom. The van der Waals surface area contributed by atoms with Gasteiger partial charge >= 0.3 is 6.03 Å². The maximum atomic E-state index is 13.5. The molecule has 1 aliphatic rings. The predicted molar refractivity (Wildman–Crippen MR) is 146 cm³/mol. The number of halogens is 1. The van der Waals surface area contributed by atoms with Gasteiger partial charge in [-0.25, -0.2) is 13.2 Å². The van der Waals surface area contributed by atoms with Crippen molar-refractivity contribution in [2.75, 3.05) is 32.1 Å². The highest BCUT2D eigenvalue weighted by atomic mass is 35.5. The molecular formula is C26H35ClN4O6S. The quantitative estimate of drug-likeness (QED) is 0.449. The van der Waals surface area contributed by atoms with Crippen LogP contribution in [0.1, 0.15) is 38.1 Å². The Hall–Kier alpha value is -2.86. The molecule has 3 amide bonds. The minimum absolute atomic E-state index is 0.0118. The van der Waals surface area contributed by atoms with Gasteiger partial charge in [0.15, 0.2) is 0 Å². The Bertz CT molecular complexity index is 1250. The number of fused-ring (bicyclic) bond motifs is 1. The number of anilines is 1. The third-order valence-electron chi connectivity index (χ3n) is 6.30. The molecule has 3 rings (SSSR count). The largest absolute Gasteiger partial charge is 0.488 e. The third kappa shape index (κ3) is 6.96. The van der Waals surface area contributed by atoms with Crippen LogP contribution in [0.2, 0.25) is 5.02 Å². The first-order chi connectivity index (χ1) is 17.8. The molecule has 0 unspecified atom stereocenters. The summed E-state index contributed by atoms with van der Waals surface area (Å²) in [5.74, 6) is -0.380. The Balaban J connectivity index is 1.94. The topological polar surface area (TPSA) is 128 Å². The first-order valence-corrected chi connectivity index (χ1v) is 14.2. The van der Waals surface area contributed by atoms with Crippen LogP contribution in [0.15, 0.2) is 47.4 Å². The molecule has 0 saturated heterocycles. The van der Waals surface area contributed by atoms with Gasteiger partial charge in [0.25, 0.3) is 5.91 Å². The van der Waals surface area contributed by atoms with Crippen LogP contribution in [0.4, 0.5) is 10.5 Å². The van der Waals surface area contributed by atoms with E-state index >= 15 is 0 Å². The van der Waals surface area contributed by atoms with Crippen molar-refractivity contribution in [3.05, 3.63) is 53.1 Å². The van der Waals surface area contributed by atoms with Gasteiger partial charge in [-0.1, -0.05) is 18.5 Å². The van der Waals surface area contributed by atoms with E-state index in [0.717, 1.165) is 0 Å². The van der Waals surface area contributed by atoms with Crippen molar-refractivity contribution >= 4 is 39.2 Å². The molecule has 0 aliphatic carbocycles. The summed E-state index contributed by atoms with van der Waals surface area (Å²) in [6.07, 6.45) is -0.620. The lowest BCUT2D eigenvalue weighted by atomic mass is 9.99. The summed E-state index contributed by atoms with van der Waals surface area (Å²) in [6.45, 7) is 7.25. The number of aliphatic hydroxyl groups excluding tert-OH is 1. The van der Waals surface area contributed by atoms with E-state index in [2.05, 4.69) is 10.6 Å². The average Bonchev–Trinajstić information content (AvgIpc) is 2.85. The highest BCUT2D eigenvalue weighted by Gasteiger charge is 2.35. The number of urea groups is 1. The van der Waals surface area contributed by atoms with Crippen LogP contribution in [-0.2, 0) is 10.0 Å². The van der Waals surface area contributed by atoms with E-state index in [0.29, 0.717) is 10.7 Å². The summed E-state index contributed by atoms with van der Waals surface area (Å²) in [6, 6.07) is 9.65. The maximum absolute atomic E-state index is 13.5.